The molecule has 0 atom stereocenters. The minimum atomic E-state index is -0.133. The highest BCUT2D eigenvalue weighted by molar-refractivity contribution is 6.30. The minimum Gasteiger partial charge on any atom is -0.490 e. The number of hydrogen-bond donors (Lipinski definition) is 1. The molecule has 0 aliphatic heterocycles. The van der Waals surface area contributed by atoms with Gasteiger partial charge in [0.15, 0.2) is 11.5 Å². The Morgan fingerprint density at radius 1 is 0.750 bits per heavy atom. The summed E-state index contributed by atoms with van der Waals surface area (Å²) in [5.41, 5.74) is 2.69. The average Bonchev–Trinajstić information content (AvgIpc) is 2.73. The summed E-state index contributed by atoms with van der Waals surface area (Å²) in [5, 5.41) is 10.0. The van der Waals surface area contributed by atoms with Crippen LogP contribution < -0.4 is 14.2 Å². The van der Waals surface area contributed by atoms with Gasteiger partial charge < -0.3 is 19.3 Å². The van der Waals surface area contributed by atoms with Crippen molar-refractivity contribution in [2.24, 2.45) is 0 Å². The van der Waals surface area contributed by atoms with Gasteiger partial charge in [0.25, 0.3) is 0 Å². The van der Waals surface area contributed by atoms with Crippen molar-refractivity contribution in [1.29, 1.82) is 0 Å². The molecule has 3 aromatic rings. The minimum absolute atomic E-state index is 0.133. The van der Waals surface area contributed by atoms with E-state index >= 15 is 0 Å². The lowest BCUT2D eigenvalue weighted by atomic mass is 10.2. The van der Waals surface area contributed by atoms with Crippen LogP contribution in [0.15, 0.2) is 66.7 Å². The Hall–Kier alpha value is -2.69. The van der Waals surface area contributed by atoms with Gasteiger partial charge in [0.1, 0.15) is 19.0 Å². The van der Waals surface area contributed by atoms with Crippen molar-refractivity contribution in [1.82, 2.24) is 0 Å². The SMILES string of the molecule is CCOc1cc(COc2ccc(Cl)cc2CO)ccc1OCc1ccccc1. The zero-order chi connectivity index (χ0) is 19.8. The summed E-state index contributed by atoms with van der Waals surface area (Å²) in [7, 11) is 0. The van der Waals surface area contributed by atoms with Crippen LogP contribution in [0.3, 0.4) is 0 Å². The maximum absolute atomic E-state index is 9.47. The summed E-state index contributed by atoms with van der Waals surface area (Å²) in [6.45, 7) is 3.16. The normalized spacial score (nSPS) is 10.5. The van der Waals surface area contributed by atoms with E-state index in [1.165, 1.54) is 0 Å². The van der Waals surface area contributed by atoms with Crippen molar-refractivity contribution in [3.05, 3.63) is 88.4 Å². The Bertz CT molecular complexity index is 896. The molecule has 0 amide bonds. The molecular weight excluding hydrogens is 376 g/mol. The molecule has 0 bridgehead atoms. The van der Waals surface area contributed by atoms with E-state index in [2.05, 4.69) is 0 Å². The molecule has 0 saturated heterocycles. The van der Waals surface area contributed by atoms with Crippen LogP contribution in [-0.4, -0.2) is 11.7 Å². The topological polar surface area (TPSA) is 47.9 Å². The molecule has 1 N–H and O–H groups in total. The van der Waals surface area contributed by atoms with Crippen LogP contribution in [0.5, 0.6) is 17.2 Å². The van der Waals surface area contributed by atoms with Gasteiger partial charge in [-0.15, -0.1) is 0 Å². The third-order valence-corrected chi connectivity index (χ3v) is 4.37. The highest BCUT2D eigenvalue weighted by atomic mass is 35.5. The van der Waals surface area contributed by atoms with Crippen molar-refractivity contribution >= 4 is 11.6 Å². The van der Waals surface area contributed by atoms with E-state index in [1.807, 2.05) is 55.5 Å². The largest absolute Gasteiger partial charge is 0.490 e. The smallest absolute Gasteiger partial charge is 0.161 e. The molecule has 0 saturated carbocycles. The third kappa shape index (κ3) is 5.41. The second kappa shape index (κ2) is 10.0. The van der Waals surface area contributed by atoms with Crippen LogP contribution in [-0.2, 0) is 19.8 Å². The number of ether oxygens (including phenoxy) is 3. The van der Waals surface area contributed by atoms with Crippen molar-refractivity contribution in [3.8, 4) is 17.2 Å². The van der Waals surface area contributed by atoms with Crippen molar-refractivity contribution in [3.63, 3.8) is 0 Å². The number of halogens is 1. The van der Waals surface area contributed by atoms with Gasteiger partial charge in [-0.05, 0) is 48.4 Å². The van der Waals surface area contributed by atoms with Crippen LogP contribution in [0.2, 0.25) is 5.02 Å². The quantitative estimate of drug-likeness (QED) is 0.525. The van der Waals surface area contributed by atoms with Gasteiger partial charge in [0.05, 0.1) is 13.2 Å². The molecule has 5 heteroatoms. The summed E-state index contributed by atoms with van der Waals surface area (Å²) < 4.78 is 17.5. The van der Waals surface area contributed by atoms with E-state index in [1.54, 1.807) is 18.2 Å². The molecule has 0 aliphatic carbocycles. The molecule has 0 spiro atoms. The first-order valence-corrected chi connectivity index (χ1v) is 9.52. The molecule has 0 heterocycles. The summed E-state index contributed by atoms with van der Waals surface area (Å²) in [5.74, 6) is 1.98. The van der Waals surface area contributed by atoms with Crippen LogP contribution >= 0.6 is 11.6 Å². The fourth-order valence-corrected chi connectivity index (χ4v) is 2.93. The fraction of sp³-hybridized carbons (Fsp3) is 0.217. The summed E-state index contributed by atoms with van der Waals surface area (Å²) in [6, 6.07) is 20.9. The molecule has 3 aromatic carbocycles. The van der Waals surface area contributed by atoms with E-state index in [9.17, 15) is 5.11 Å². The Balaban J connectivity index is 1.69. The lowest BCUT2D eigenvalue weighted by molar-refractivity contribution is 0.256. The summed E-state index contributed by atoms with van der Waals surface area (Å²) in [4.78, 5) is 0. The molecular formula is C23H23ClO4. The second-order valence-corrected chi connectivity index (χ2v) is 6.62. The lowest BCUT2D eigenvalue weighted by Gasteiger charge is -2.15. The first-order valence-electron chi connectivity index (χ1n) is 9.14. The van der Waals surface area contributed by atoms with Gasteiger partial charge in [0, 0.05) is 10.6 Å². The predicted molar refractivity (Wildman–Crippen MR) is 110 cm³/mol. The lowest BCUT2D eigenvalue weighted by Crippen LogP contribution is -2.02. The first-order chi connectivity index (χ1) is 13.7. The molecule has 3 rings (SSSR count). The number of aliphatic hydroxyl groups is 1. The summed E-state index contributed by atoms with van der Waals surface area (Å²) in [6.07, 6.45) is 0. The molecule has 0 aliphatic rings. The average molecular weight is 399 g/mol. The van der Waals surface area contributed by atoms with Crippen LogP contribution in [0.25, 0.3) is 0 Å². The molecule has 0 unspecified atom stereocenters. The van der Waals surface area contributed by atoms with Gasteiger partial charge in [-0.3, -0.25) is 0 Å². The predicted octanol–water partition coefficient (Wildman–Crippen LogP) is 5.39. The standard InChI is InChI=1S/C23H23ClO4/c1-2-26-23-12-18(16-27-21-11-9-20(24)13-19(21)14-25)8-10-22(23)28-15-17-6-4-3-5-7-17/h3-13,25H,2,14-16H2,1H3. The highest BCUT2D eigenvalue weighted by Gasteiger charge is 2.09. The molecule has 146 valence electrons. The van der Waals surface area contributed by atoms with Crippen LogP contribution in [0.1, 0.15) is 23.6 Å². The second-order valence-electron chi connectivity index (χ2n) is 6.19. The monoisotopic (exact) mass is 398 g/mol. The molecule has 0 fully saturated rings. The zero-order valence-corrected chi connectivity index (χ0v) is 16.5. The van der Waals surface area contributed by atoms with Gasteiger partial charge in [-0.1, -0.05) is 48.0 Å². The number of rotatable bonds is 9. The number of hydrogen-bond acceptors (Lipinski definition) is 4. The van der Waals surface area contributed by atoms with Crippen molar-refractivity contribution in [2.45, 2.75) is 26.7 Å². The van der Waals surface area contributed by atoms with E-state index in [0.717, 1.165) is 11.1 Å². The molecule has 4 nitrogen and oxygen atoms in total. The van der Waals surface area contributed by atoms with E-state index < -0.39 is 0 Å². The fourth-order valence-electron chi connectivity index (χ4n) is 2.74. The van der Waals surface area contributed by atoms with Gasteiger partial charge in [0.2, 0.25) is 0 Å². The maximum atomic E-state index is 9.47. The molecule has 0 aromatic heterocycles. The van der Waals surface area contributed by atoms with Gasteiger partial charge >= 0.3 is 0 Å². The Labute approximate surface area is 170 Å². The molecule has 0 radical (unpaired) electrons. The Morgan fingerprint density at radius 3 is 2.21 bits per heavy atom. The van der Waals surface area contributed by atoms with Crippen LogP contribution in [0.4, 0.5) is 0 Å². The maximum Gasteiger partial charge on any atom is 0.161 e. The molecule has 28 heavy (non-hydrogen) atoms. The van der Waals surface area contributed by atoms with E-state index in [4.69, 9.17) is 25.8 Å². The van der Waals surface area contributed by atoms with Crippen molar-refractivity contribution < 1.29 is 19.3 Å². The third-order valence-electron chi connectivity index (χ3n) is 4.13. The highest BCUT2D eigenvalue weighted by Crippen LogP contribution is 2.30. The Morgan fingerprint density at radius 2 is 1.46 bits per heavy atom. The Kier molecular flexibility index (Phi) is 7.18. The summed E-state index contributed by atoms with van der Waals surface area (Å²) >= 11 is 5.96. The number of aliphatic hydroxyl groups excluding tert-OH is 1. The van der Waals surface area contributed by atoms with Crippen molar-refractivity contribution in [2.75, 3.05) is 6.61 Å². The van der Waals surface area contributed by atoms with E-state index in [0.29, 0.717) is 47.7 Å². The van der Waals surface area contributed by atoms with E-state index in [-0.39, 0.29) is 6.61 Å². The zero-order valence-electron chi connectivity index (χ0n) is 15.7. The number of benzene rings is 3. The van der Waals surface area contributed by atoms with Gasteiger partial charge in [-0.2, -0.15) is 0 Å². The van der Waals surface area contributed by atoms with Gasteiger partial charge in [-0.25, -0.2) is 0 Å². The van der Waals surface area contributed by atoms with Crippen LogP contribution in [0, 0.1) is 0 Å². The first kappa shape index (κ1) is 20.1.